The number of aromatic nitrogens is 2. The molecular weight excluding hydrogens is 258 g/mol. The first-order valence-corrected chi connectivity index (χ1v) is 5.56. The van der Waals surface area contributed by atoms with Crippen LogP contribution in [0.15, 0.2) is 12.3 Å². The van der Waals surface area contributed by atoms with Gasteiger partial charge in [0.05, 0.1) is 6.20 Å². The number of nitrogens with zero attached hydrogens (tertiary/aromatic N) is 2. The minimum absolute atomic E-state index is 0.0838. The largest absolute Gasteiger partial charge is 0.506 e. The number of halogens is 1. The lowest BCUT2D eigenvalue weighted by Crippen LogP contribution is -1.98. The normalized spacial score (nSPS) is 13.0. The van der Waals surface area contributed by atoms with Crippen LogP contribution in [0.5, 0.6) is 17.2 Å². The van der Waals surface area contributed by atoms with E-state index in [0.717, 1.165) is 0 Å². The van der Waals surface area contributed by atoms with E-state index in [1.54, 1.807) is 19.3 Å². The Morgan fingerprint density at radius 2 is 2.22 bits per heavy atom. The molecule has 0 bridgehead atoms. The van der Waals surface area contributed by atoms with Crippen LogP contribution in [0.3, 0.4) is 0 Å². The summed E-state index contributed by atoms with van der Waals surface area (Å²) < 4.78 is 11.9. The Balaban J connectivity index is 2.25. The van der Waals surface area contributed by atoms with E-state index in [-0.39, 0.29) is 17.6 Å². The van der Waals surface area contributed by atoms with Gasteiger partial charge in [0.15, 0.2) is 11.5 Å². The number of aromatic hydroxyl groups is 1. The van der Waals surface area contributed by atoms with Gasteiger partial charge in [-0.1, -0.05) is 11.6 Å². The summed E-state index contributed by atoms with van der Waals surface area (Å²) in [5.41, 5.74) is 6.93. The lowest BCUT2D eigenvalue weighted by atomic mass is 10.1. The molecule has 0 radical (unpaired) electrons. The molecule has 18 heavy (non-hydrogen) atoms. The van der Waals surface area contributed by atoms with Crippen molar-refractivity contribution in [3.05, 3.63) is 17.3 Å². The molecule has 0 saturated heterocycles. The molecule has 94 valence electrons. The number of fused-ring (bicyclic) bond motifs is 1. The molecular formula is C11H10ClN3O3. The minimum Gasteiger partial charge on any atom is -0.506 e. The van der Waals surface area contributed by atoms with E-state index in [1.165, 1.54) is 4.68 Å². The van der Waals surface area contributed by atoms with Crippen LogP contribution in [-0.2, 0) is 7.05 Å². The number of rotatable bonds is 1. The molecule has 1 aliphatic heterocycles. The van der Waals surface area contributed by atoms with E-state index >= 15 is 0 Å². The van der Waals surface area contributed by atoms with Crippen molar-refractivity contribution in [2.24, 2.45) is 7.05 Å². The lowest BCUT2D eigenvalue weighted by Gasteiger charge is -2.08. The van der Waals surface area contributed by atoms with Crippen molar-refractivity contribution < 1.29 is 14.6 Å². The summed E-state index contributed by atoms with van der Waals surface area (Å²) in [5, 5.41) is 14.2. The minimum atomic E-state index is -0.0967. The number of aryl methyl sites for hydroxylation is 1. The molecule has 1 aromatic heterocycles. The molecule has 0 saturated carbocycles. The summed E-state index contributed by atoms with van der Waals surface area (Å²) in [7, 11) is 1.71. The van der Waals surface area contributed by atoms with Crippen LogP contribution >= 0.6 is 11.6 Å². The van der Waals surface area contributed by atoms with Gasteiger partial charge < -0.3 is 20.3 Å². The first kappa shape index (κ1) is 11.0. The van der Waals surface area contributed by atoms with Crippen molar-refractivity contribution in [3.63, 3.8) is 0 Å². The van der Waals surface area contributed by atoms with Gasteiger partial charge in [0.25, 0.3) is 0 Å². The number of benzene rings is 1. The summed E-state index contributed by atoms with van der Waals surface area (Å²) in [6.07, 6.45) is 1.56. The van der Waals surface area contributed by atoms with Gasteiger partial charge in [-0.3, -0.25) is 4.68 Å². The Morgan fingerprint density at radius 1 is 1.44 bits per heavy atom. The third-order valence-electron chi connectivity index (χ3n) is 2.85. The van der Waals surface area contributed by atoms with Crippen molar-refractivity contribution in [2.75, 3.05) is 12.5 Å². The highest BCUT2D eigenvalue weighted by Crippen LogP contribution is 2.49. The van der Waals surface area contributed by atoms with Crippen molar-refractivity contribution >= 4 is 17.4 Å². The fourth-order valence-corrected chi connectivity index (χ4v) is 2.10. The Labute approximate surface area is 107 Å². The third kappa shape index (κ3) is 1.39. The standard InChI is InChI=1S/C11H10ClN3O3/c1-15-11(13)6(3-14-15)5-2-7-10(18-4-17-7)8(12)9(5)16/h2-3,16H,4,13H2,1H3. The molecule has 1 aromatic carbocycles. The molecule has 0 amide bonds. The van der Waals surface area contributed by atoms with E-state index in [9.17, 15) is 5.11 Å². The van der Waals surface area contributed by atoms with Crippen molar-refractivity contribution in [1.29, 1.82) is 0 Å². The third-order valence-corrected chi connectivity index (χ3v) is 3.20. The highest BCUT2D eigenvalue weighted by atomic mass is 35.5. The molecule has 3 rings (SSSR count). The van der Waals surface area contributed by atoms with E-state index in [4.69, 9.17) is 26.8 Å². The number of hydrogen-bond acceptors (Lipinski definition) is 5. The van der Waals surface area contributed by atoms with Crippen LogP contribution < -0.4 is 15.2 Å². The number of hydrogen-bond donors (Lipinski definition) is 2. The van der Waals surface area contributed by atoms with Gasteiger partial charge in [-0.2, -0.15) is 5.10 Å². The van der Waals surface area contributed by atoms with Gasteiger partial charge >= 0.3 is 0 Å². The van der Waals surface area contributed by atoms with Crippen LogP contribution in [-0.4, -0.2) is 21.7 Å². The van der Waals surface area contributed by atoms with Gasteiger partial charge in [0.1, 0.15) is 16.6 Å². The fraction of sp³-hybridized carbons (Fsp3) is 0.182. The molecule has 6 nitrogen and oxygen atoms in total. The molecule has 7 heteroatoms. The zero-order valence-electron chi connectivity index (χ0n) is 9.48. The number of nitrogens with two attached hydrogens (primary N) is 1. The van der Waals surface area contributed by atoms with Crippen LogP contribution in [0, 0.1) is 0 Å². The van der Waals surface area contributed by atoms with Gasteiger partial charge in [0, 0.05) is 18.2 Å². The highest BCUT2D eigenvalue weighted by molar-refractivity contribution is 6.34. The molecule has 0 fully saturated rings. The summed E-state index contributed by atoms with van der Waals surface area (Å²) in [6, 6.07) is 1.64. The second-order valence-electron chi connectivity index (χ2n) is 3.89. The molecule has 0 aliphatic carbocycles. The maximum Gasteiger partial charge on any atom is 0.231 e. The van der Waals surface area contributed by atoms with Gasteiger partial charge in [0.2, 0.25) is 6.79 Å². The maximum atomic E-state index is 10.1. The summed E-state index contributed by atoms with van der Waals surface area (Å²) in [4.78, 5) is 0. The van der Waals surface area contributed by atoms with Gasteiger partial charge in [-0.05, 0) is 6.07 Å². The predicted molar refractivity (Wildman–Crippen MR) is 65.9 cm³/mol. The number of ether oxygens (including phenoxy) is 2. The van der Waals surface area contributed by atoms with Crippen LogP contribution in [0.2, 0.25) is 5.02 Å². The summed E-state index contributed by atoms with van der Waals surface area (Å²) in [6.45, 7) is 0.0838. The van der Waals surface area contributed by atoms with Crippen LogP contribution in [0.4, 0.5) is 5.82 Å². The van der Waals surface area contributed by atoms with E-state index in [1.807, 2.05) is 0 Å². The second kappa shape index (κ2) is 3.71. The lowest BCUT2D eigenvalue weighted by molar-refractivity contribution is 0.174. The smallest absolute Gasteiger partial charge is 0.231 e. The zero-order chi connectivity index (χ0) is 12.9. The molecule has 3 N–H and O–H groups in total. The summed E-state index contributed by atoms with van der Waals surface area (Å²) >= 11 is 6.03. The Bertz CT molecular complexity index is 639. The van der Waals surface area contributed by atoms with Crippen molar-refractivity contribution in [3.8, 4) is 28.4 Å². The van der Waals surface area contributed by atoms with Gasteiger partial charge in [-0.25, -0.2) is 0 Å². The number of anilines is 1. The van der Waals surface area contributed by atoms with Crippen LogP contribution in [0.1, 0.15) is 0 Å². The van der Waals surface area contributed by atoms with E-state index < -0.39 is 0 Å². The second-order valence-corrected chi connectivity index (χ2v) is 4.27. The molecule has 2 heterocycles. The first-order chi connectivity index (χ1) is 8.59. The number of phenolic OH excluding ortho intramolecular Hbond substituents is 1. The monoisotopic (exact) mass is 267 g/mol. The molecule has 2 aromatic rings. The zero-order valence-corrected chi connectivity index (χ0v) is 10.2. The van der Waals surface area contributed by atoms with Gasteiger partial charge in [-0.15, -0.1) is 0 Å². The molecule has 0 spiro atoms. The number of nitrogen functional groups attached to an aromatic ring is 1. The Morgan fingerprint density at radius 3 is 2.89 bits per heavy atom. The Kier molecular flexibility index (Phi) is 2.27. The fourth-order valence-electron chi connectivity index (χ4n) is 1.85. The van der Waals surface area contributed by atoms with Crippen LogP contribution in [0.25, 0.3) is 11.1 Å². The number of phenols is 1. The van der Waals surface area contributed by atoms with E-state index in [0.29, 0.717) is 28.4 Å². The Hall–Kier alpha value is -2.08. The molecule has 0 unspecified atom stereocenters. The quantitative estimate of drug-likeness (QED) is 0.823. The van der Waals surface area contributed by atoms with Crippen molar-refractivity contribution in [2.45, 2.75) is 0 Å². The van der Waals surface area contributed by atoms with E-state index in [2.05, 4.69) is 5.10 Å². The summed E-state index contributed by atoms with van der Waals surface area (Å²) in [5.74, 6) is 1.16. The SMILES string of the molecule is Cn1ncc(-c2cc3c(c(Cl)c2O)OCO3)c1N. The average Bonchev–Trinajstić information content (AvgIpc) is 2.93. The highest BCUT2D eigenvalue weighted by Gasteiger charge is 2.25. The predicted octanol–water partition coefficient (Wildman–Crippen LogP) is 1.76. The van der Waals surface area contributed by atoms with Crippen molar-refractivity contribution in [1.82, 2.24) is 9.78 Å². The maximum absolute atomic E-state index is 10.1. The first-order valence-electron chi connectivity index (χ1n) is 5.18. The molecule has 1 aliphatic rings. The average molecular weight is 268 g/mol. The molecule has 0 atom stereocenters. The topological polar surface area (TPSA) is 82.5 Å².